The van der Waals surface area contributed by atoms with Crippen LogP contribution in [-0.4, -0.2) is 44.7 Å². The topological polar surface area (TPSA) is 176 Å². The number of unbranched alkanes of at least 4 members (excludes halogenated alkanes) is 2. The molecule has 0 spiro atoms. The Balaban J connectivity index is 1.22. The molecule has 1 saturated heterocycles. The number of rotatable bonds is 11. The molecule has 0 saturated carbocycles. The van der Waals surface area contributed by atoms with E-state index in [4.69, 9.17) is 4.84 Å². The van der Waals surface area contributed by atoms with E-state index in [2.05, 4.69) is 16.0 Å². The first-order chi connectivity index (χ1) is 19.2. The standard InChI is InChI=1S/C28H28N4O8/c33-21(29-17-18-10-12-19(13-11-18)24(36)40-32-22(34)14-15-23(32)35)9-5-2-6-16-28(20-7-3-1-4-8-20)25(37)30-27(39)31-26(28)38/h1,3-4,7-8,10-15,34-35H,2,5-6,9,16-17H2,(H,29,33)(H2,30,31,37,38,39). The van der Waals surface area contributed by atoms with E-state index in [0.29, 0.717) is 29.6 Å². The zero-order chi connectivity index (χ0) is 28.7. The molecule has 0 unspecified atom stereocenters. The normalized spacial score (nSPS) is 14.2. The van der Waals surface area contributed by atoms with Gasteiger partial charge in [-0.05, 0) is 36.1 Å². The molecule has 12 heteroatoms. The Labute approximate surface area is 228 Å². The molecule has 0 bridgehead atoms. The maximum Gasteiger partial charge on any atom is 0.363 e. The summed E-state index contributed by atoms with van der Waals surface area (Å²) in [6.07, 6.45) is 2.02. The van der Waals surface area contributed by atoms with Gasteiger partial charge in [-0.3, -0.25) is 25.0 Å². The van der Waals surface area contributed by atoms with Crippen molar-refractivity contribution < 1.29 is 39.0 Å². The molecule has 40 heavy (non-hydrogen) atoms. The summed E-state index contributed by atoms with van der Waals surface area (Å²) >= 11 is 0. The van der Waals surface area contributed by atoms with Crippen LogP contribution in [0.3, 0.4) is 0 Å². The van der Waals surface area contributed by atoms with Gasteiger partial charge in [0.05, 0.1) is 5.56 Å². The minimum absolute atomic E-state index is 0.181. The maximum atomic E-state index is 12.8. The Hall–Kier alpha value is -5.13. The van der Waals surface area contributed by atoms with Crippen LogP contribution in [0.25, 0.3) is 0 Å². The van der Waals surface area contributed by atoms with Gasteiger partial charge in [-0.1, -0.05) is 55.3 Å². The molecule has 0 radical (unpaired) electrons. The number of carbonyl (C=O) groups is 5. The monoisotopic (exact) mass is 548 g/mol. The lowest BCUT2D eigenvalue weighted by atomic mass is 9.73. The fourth-order valence-electron chi connectivity index (χ4n) is 4.44. The summed E-state index contributed by atoms with van der Waals surface area (Å²) in [4.78, 5) is 66.6. The molecule has 0 atom stereocenters. The van der Waals surface area contributed by atoms with Crippen molar-refractivity contribution in [2.75, 3.05) is 0 Å². The van der Waals surface area contributed by atoms with Gasteiger partial charge in [0.15, 0.2) is 5.41 Å². The molecular weight excluding hydrogens is 520 g/mol. The Morgan fingerprint density at radius 2 is 1.45 bits per heavy atom. The van der Waals surface area contributed by atoms with Gasteiger partial charge in [-0.2, -0.15) is 0 Å². The lowest BCUT2D eigenvalue weighted by Gasteiger charge is -2.34. The number of hydrogen-bond acceptors (Lipinski definition) is 8. The number of carbonyl (C=O) groups excluding carboxylic acids is 5. The zero-order valence-electron chi connectivity index (χ0n) is 21.4. The van der Waals surface area contributed by atoms with Crippen molar-refractivity contribution in [3.63, 3.8) is 0 Å². The summed E-state index contributed by atoms with van der Waals surface area (Å²) in [7, 11) is 0. The second-order valence-electron chi connectivity index (χ2n) is 9.27. The lowest BCUT2D eigenvalue weighted by molar-refractivity contribution is -0.139. The third-order valence-electron chi connectivity index (χ3n) is 6.60. The highest BCUT2D eigenvalue weighted by atomic mass is 16.7. The molecule has 12 nitrogen and oxygen atoms in total. The van der Waals surface area contributed by atoms with E-state index in [9.17, 15) is 34.2 Å². The minimum atomic E-state index is -1.52. The number of aromatic nitrogens is 1. The van der Waals surface area contributed by atoms with Crippen molar-refractivity contribution in [2.45, 2.75) is 44.1 Å². The Morgan fingerprint density at radius 1 is 0.825 bits per heavy atom. The minimum Gasteiger partial charge on any atom is -0.492 e. The lowest BCUT2D eigenvalue weighted by Crippen LogP contribution is -2.64. The summed E-state index contributed by atoms with van der Waals surface area (Å²) < 4.78 is 0.595. The molecule has 1 aromatic heterocycles. The average molecular weight is 549 g/mol. The quantitative estimate of drug-likeness (QED) is 0.179. The van der Waals surface area contributed by atoms with Crippen LogP contribution in [0.1, 0.15) is 53.6 Å². The van der Waals surface area contributed by atoms with Crippen molar-refractivity contribution >= 4 is 29.7 Å². The molecule has 208 valence electrons. The largest absolute Gasteiger partial charge is 0.492 e. The number of nitrogens with one attached hydrogen (secondary N) is 3. The molecule has 3 aromatic rings. The molecular formula is C28H28N4O8. The van der Waals surface area contributed by atoms with E-state index < -0.39 is 41.0 Å². The third-order valence-corrected chi connectivity index (χ3v) is 6.60. The number of nitrogens with zero attached hydrogens (tertiary/aromatic N) is 1. The van der Waals surface area contributed by atoms with Gasteiger partial charge >= 0.3 is 12.0 Å². The smallest absolute Gasteiger partial charge is 0.363 e. The van der Waals surface area contributed by atoms with Gasteiger partial charge in [0, 0.05) is 25.1 Å². The first-order valence-electron chi connectivity index (χ1n) is 12.6. The molecule has 5 N–H and O–H groups in total. The van der Waals surface area contributed by atoms with E-state index in [1.807, 2.05) is 0 Å². The van der Waals surface area contributed by atoms with E-state index in [1.54, 1.807) is 42.5 Å². The van der Waals surface area contributed by atoms with Crippen LogP contribution in [0.2, 0.25) is 0 Å². The average Bonchev–Trinajstić information content (AvgIpc) is 3.26. The van der Waals surface area contributed by atoms with Gasteiger partial charge < -0.3 is 20.4 Å². The number of amides is 5. The van der Waals surface area contributed by atoms with E-state index in [-0.39, 0.29) is 30.9 Å². The number of barbiturate groups is 1. The molecule has 0 aliphatic carbocycles. The Bertz CT molecular complexity index is 1380. The zero-order valence-corrected chi connectivity index (χ0v) is 21.4. The van der Waals surface area contributed by atoms with Gasteiger partial charge in [-0.25, -0.2) is 9.59 Å². The fraction of sp³-hybridized carbons (Fsp3) is 0.250. The van der Waals surface area contributed by atoms with Crippen molar-refractivity contribution in [3.8, 4) is 11.8 Å². The SMILES string of the molecule is O=C(CCCCCC1(c2ccccc2)C(=O)NC(=O)NC1=O)NCc1ccc(C(=O)On2c(O)ccc2O)cc1. The molecule has 1 aliphatic heterocycles. The van der Waals surface area contributed by atoms with E-state index in [1.165, 1.54) is 24.3 Å². The molecule has 4 rings (SSSR count). The second-order valence-corrected chi connectivity index (χ2v) is 9.27. The number of aromatic hydroxyl groups is 2. The van der Waals surface area contributed by atoms with Crippen LogP contribution in [0.15, 0.2) is 66.7 Å². The van der Waals surface area contributed by atoms with Crippen molar-refractivity contribution in [2.24, 2.45) is 0 Å². The van der Waals surface area contributed by atoms with Crippen LogP contribution >= 0.6 is 0 Å². The van der Waals surface area contributed by atoms with Crippen LogP contribution in [-0.2, 0) is 26.3 Å². The highest BCUT2D eigenvalue weighted by Crippen LogP contribution is 2.33. The van der Waals surface area contributed by atoms with Crippen LogP contribution in [0.5, 0.6) is 11.8 Å². The van der Waals surface area contributed by atoms with Crippen LogP contribution in [0.4, 0.5) is 4.79 Å². The first-order valence-corrected chi connectivity index (χ1v) is 12.6. The fourth-order valence-corrected chi connectivity index (χ4v) is 4.44. The van der Waals surface area contributed by atoms with Crippen LogP contribution in [0, 0.1) is 0 Å². The van der Waals surface area contributed by atoms with Gasteiger partial charge in [-0.15, -0.1) is 4.73 Å². The Kier molecular flexibility index (Phi) is 8.48. The molecule has 2 aromatic carbocycles. The summed E-state index contributed by atoms with van der Waals surface area (Å²) in [5, 5.41) is 26.3. The number of imide groups is 2. The molecule has 5 amide bonds. The highest BCUT2D eigenvalue weighted by Gasteiger charge is 2.51. The number of hydrogen-bond donors (Lipinski definition) is 5. The predicted molar refractivity (Wildman–Crippen MR) is 140 cm³/mol. The first kappa shape index (κ1) is 27.9. The molecule has 1 aliphatic rings. The summed E-state index contributed by atoms with van der Waals surface area (Å²) in [6, 6.07) is 16.3. The third kappa shape index (κ3) is 6.12. The molecule has 2 heterocycles. The van der Waals surface area contributed by atoms with Crippen molar-refractivity contribution in [1.29, 1.82) is 0 Å². The van der Waals surface area contributed by atoms with Crippen molar-refractivity contribution in [3.05, 3.63) is 83.4 Å². The summed E-state index contributed by atoms with van der Waals surface area (Å²) in [6.45, 7) is 0.235. The van der Waals surface area contributed by atoms with Gasteiger partial charge in [0.25, 0.3) is 0 Å². The highest BCUT2D eigenvalue weighted by molar-refractivity contribution is 6.22. The molecule has 1 fully saturated rings. The Morgan fingerprint density at radius 3 is 2.08 bits per heavy atom. The van der Waals surface area contributed by atoms with Gasteiger partial charge in [0.2, 0.25) is 29.5 Å². The predicted octanol–water partition coefficient (Wildman–Crippen LogP) is 2.04. The van der Waals surface area contributed by atoms with E-state index in [0.717, 1.165) is 5.56 Å². The number of benzene rings is 2. The summed E-state index contributed by atoms with van der Waals surface area (Å²) in [5.74, 6) is -3.15. The summed E-state index contributed by atoms with van der Waals surface area (Å²) in [5.41, 5.74) is -0.0973. The van der Waals surface area contributed by atoms with Crippen LogP contribution < -0.4 is 20.8 Å². The number of urea groups is 1. The van der Waals surface area contributed by atoms with E-state index >= 15 is 0 Å². The maximum absolute atomic E-state index is 12.8. The second kappa shape index (κ2) is 12.2. The van der Waals surface area contributed by atoms with Gasteiger partial charge in [0.1, 0.15) is 0 Å². The van der Waals surface area contributed by atoms with Crippen molar-refractivity contribution in [1.82, 2.24) is 20.7 Å².